The Morgan fingerprint density at radius 2 is 1.89 bits per heavy atom. The fourth-order valence-corrected chi connectivity index (χ4v) is 4.71. The van der Waals surface area contributed by atoms with Crippen molar-refractivity contribution in [3.63, 3.8) is 0 Å². The largest absolute Gasteiger partial charge is 0.382 e. The lowest BCUT2D eigenvalue weighted by atomic mass is 10.1. The molecule has 0 aliphatic rings. The van der Waals surface area contributed by atoms with Gasteiger partial charge in [-0.05, 0) is 24.1 Å². The van der Waals surface area contributed by atoms with Crippen LogP contribution in [0.5, 0.6) is 0 Å². The maximum absolute atomic E-state index is 12.8. The highest BCUT2D eigenvalue weighted by molar-refractivity contribution is 7.89. The predicted octanol–water partition coefficient (Wildman–Crippen LogP) is 3.13. The lowest BCUT2D eigenvalue weighted by molar-refractivity contribution is 0.445. The topological polar surface area (TPSA) is 93.6 Å². The summed E-state index contributed by atoms with van der Waals surface area (Å²) >= 11 is 0. The fourth-order valence-electron chi connectivity index (χ4n) is 3.21. The van der Waals surface area contributed by atoms with E-state index in [1.807, 2.05) is 39.8 Å². The van der Waals surface area contributed by atoms with E-state index < -0.39 is 10.0 Å². The molecule has 2 N–H and O–H groups in total. The van der Waals surface area contributed by atoms with E-state index in [-0.39, 0.29) is 10.8 Å². The first-order valence-corrected chi connectivity index (χ1v) is 10.5. The SMILES string of the molecule is CCN(CC)S(=O)(=O)c1cccc(-c2ccn3nc(N)c(C(C)C)c3n2)c1. The molecule has 0 spiro atoms. The second kappa shape index (κ2) is 7.28. The smallest absolute Gasteiger partial charge is 0.243 e. The fraction of sp³-hybridized carbons (Fsp3) is 0.368. The van der Waals surface area contributed by atoms with Crippen LogP contribution in [0.2, 0.25) is 0 Å². The number of rotatable bonds is 6. The summed E-state index contributed by atoms with van der Waals surface area (Å²) in [5, 5.41) is 4.30. The van der Waals surface area contributed by atoms with Crippen LogP contribution in [0.15, 0.2) is 41.4 Å². The molecule has 0 atom stereocenters. The van der Waals surface area contributed by atoms with E-state index in [0.29, 0.717) is 30.2 Å². The van der Waals surface area contributed by atoms with Crippen LogP contribution in [0.1, 0.15) is 39.2 Å². The van der Waals surface area contributed by atoms with E-state index in [1.54, 1.807) is 28.9 Å². The highest BCUT2D eigenvalue weighted by Crippen LogP contribution is 2.28. The summed E-state index contributed by atoms with van der Waals surface area (Å²) in [7, 11) is -3.52. The Morgan fingerprint density at radius 1 is 1.19 bits per heavy atom. The van der Waals surface area contributed by atoms with Crippen molar-refractivity contribution in [1.29, 1.82) is 0 Å². The van der Waals surface area contributed by atoms with Crippen LogP contribution in [0.25, 0.3) is 16.9 Å². The average molecular weight is 388 g/mol. The number of anilines is 1. The summed E-state index contributed by atoms with van der Waals surface area (Å²) in [5.74, 6) is 0.646. The average Bonchev–Trinajstić information content (AvgIpc) is 2.97. The van der Waals surface area contributed by atoms with Crippen LogP contribution in [0.4, 0.5) is 5.82 Å². The highest BCUT2D eigenvalue weighted by atomic mass is 32.2. The normalized spacial score (nSPS) is 12.4. The van der Waals surface area contributed by atoms with Gasteiger partial charge in [-0.1, -0.05) is 39.8 Å². The van der Waals surface area contributed by atoms with Gasteiger partial charge in [0.15, 0.2) is 11.5 Å². The maximum Gasteiger partial charge on any atom is 0.243 e. The van der Waals surface area contributed by atoms with Gasteiger partial charge in [0.05, 0.1) is 10.6 Å². The van der Waals surface area contributed by atoms with Crippen molar-refractivity contribution in [2.75, 3.05) is 18.8 Å². The van der Waals surface area contributed by atoms with Crippen molar-refractivity contribution in [1.82, 2.24) is 18.9 Å². The van der Waals surface area contributed by atoms with Crippen molar-refractivity contribution in [2.24, 2.45) is 0 Å². The predicted molar refractivity (Wildman–Crippen MR) is 107 cm³/mol. The third-order valence-electron chi connectivity index (χ3n) is 4.60. The van der Waals surface area contributed by atoms with Crippen molar-refractivity contribution in [3.8, 4) is 11.3 Å². The molecule has 0 fully saturated rings. The minimum atomic E-state index is -3.52. The van der Waals surface area contributed by atoms with Gasteiger partial charge in [0, 0.05) is 30.4 Å². The minimum absolute atomic E-state index is 0.180. The van der Waals surface area contributed by atoms with E-state index in [2.05, 4.69) is 5.10 Å². The van der Waals surface area contributed by atoms with Gasteiger partial charge >= 0.3 is 0 Å². The van der Waals surface area contributed by atoms with Crippen LogP contribution in [-0.4, -0.2) is 40.4 Å². The van der Waals surface area contributed by atoms with Gasteiger partial charge in [0.1, 0.15) is 0 Å². The summed E-state index contributed by atoms with van der Waals surface area (Å²) in [6.45, 7) is 8.61. The molecule has 2 aromatic heterocycles. The first kappa shape index (κ1) is 19.3. The first-order chi connectivity index (χ1) is 12.8. The zero-order valence-electron chi connectivity index (χ0n) is 16.0. The van der Waals surface area contributed by atoms with Gasteiger partial charge in [-0.25, -0.2) is 17.9 Å². The molecule has 1 aromatic carbocycles. The summed E-state index contributed by atoms with van der Waals surface area (Å²) < 4.78 is 28.7. The number of aromatic nitrogens is 3. The maximum atomic E-state index is 12.8. The van der Waals surface area contributed by atoms with Crippen LogP contribution in [-0.2, 0) is 10.0 Å². The van der Waals surface area contributed by atoms with E-state index in [9.17, 15) is 8.42 Å². The standard InChI is InChI=1S/C19H25N5O2S/c1-5-23(6-2)27(25,26)15-9-7-8-14(12-15)16-10-11-24-19(21-16)17(13(3)4)18(20)22-24/h7-13H,5-6H2,1-4H3,(H2,20,22). The number of hydrogen-bond acceptors (Lipinski definition) is 5. The number of nitrogen functional groups attached to an aromatic ring is 1. The van der Waals surface area contributed by atoms with Crippen molar-refractivity contribution < 1.29 is 8.42 Å². The second-order valence-corrected chi connectivity index (χ2v) is 8.59. The summed E-state index contributed by atoms with van der Waals surface area (Å²) in [4.78, 5) is 4.97. The molecule has 0 saturated carbocycles. The molecule has 0 amide bonds. The molecule has 8 heteroatoms. The Kier molecular flexibility index (Phi) is 5.21. The van der Waals surface area contributed by atoms with Crippen LogP contribution < -0.4 is 5.73 Å². The molecule has 2 heterocycles. The minimum Gasteiger partial charge on any atom is -0.382 e. The number of nitrogens with zero attached hydrogens (tertiary/aromatic N) is 4. The van der Waals surface area contributed by atoms with Crippen LogP contribution in [0.3, 0.4) is 0 Å². The third-order valence-corrected chi connectivity index (χ3v) is 6.65. The number of nitrogens with two attached hydrogens (primary N) is 1. The number of fused-ring (bicyclic) bond motifs is 1. The van der Waals surface area contributed by atoms with E-state index >= 15 is 0 Å². The zero-order chi connectivity index (χ0) is 19.8. The Morgan fingerprint density at radius 3 is 2.52 bits per heavy atom. The highest BCUT2D eigenvalue weighted by Gasteiger charge is 2.22. The van der Waals surface area contributed by atoms with E-state index in [4.69, 9.17) is 10.7 Å². The van der Waals surface area contributed by atoms with Gasteiger partial charge in [-0.2, -0.15) is 4.31 Å². The van der Waals surface area contributed by atoms with E-state index in [1.165, 1.54) is 4.31 Å². The molecule has 7 nitrogen and oxygen atoms in total. The van der Waals surface area contributed by atoms with Crippen LogP contribution >= 0.6 is 0 Å². The van der Waals surface area contributed by atoms with Crippen molar-refractivity contribution >= 4 is 21.5 Å². The lowest BCUT2D eigenvalue weighted by Crippen LogP contribution is -2.30. The number of benzene rings is 1. The molecule has 0 saturated heterocycles. The van der Waals surface area contributed by atoms with Crippen molar-refractivity contribution in [2.45, 2.75) is 38.5 Å². The Balaban J connectivity index is 2.11. The molecule has 3 aromatic rings. The molecule has 0 bridgehead atoms. The van der Waals surface area contributed by atoms with Gasteiger partial charge < -0.3 is 5.73 Å². The quantitative estimate of drug-likeness (QED) is 0.701. The molecule has 27 heavy (non-hydrogen) atoms. The second-order valence-electron chi connectivity index (χ2n) is 6.65. The van der Waals surface area contributed by atoms with E-state index in [0.717, 1.165) is 11.1 Å². The molecular formula is C19H25N5O2S. The lowest BCUT2D eigenvalue weighted by Gasteiger charge is -2.18. The van der Waals surface area contributed by atoms with Crippen molar-refractivity contribution in [3.05, 3.63) is 42.1 Å². The van der Waals surface area contributed by atoms with Gasteiger partial charge in [-0.3, -0.25) is 0 Å². The van der Waals surface area contributed by atoms with Crippen LogP contribution in [0, 0.1) is 0 Å². The van der Waals surface area contributed by atoms with Gasteiger partial charge in [0.2, 0.25) is 10.0 Å². The molecule has 144 valence electrons. The molecule has 0 aliphatic heterocycles. The molecule has 3 rings (SSSR count). The number of sulfonamides is 1. The molecular weight excluding hydrogens is 362 g/mol. The zero-order valence-corrected chi connectivity index (χ0v) is 16.9. The molecule has 0 unspecified atom stereocenters. The Bertz CT molecular complexity index is 1070. The Hall–Kier alpha value is -2.45. The number of hydrogen-bond donors (Lipinski definition) is 1. The monoisotopic (exact) mass is 387 g/mol. The Labute approximate surface area is 159 Å². The summed E-state index contributed by atoms with van der Waals surface area (Å²) in [6.07, 6.45) is 1.80. The summed E-state index contributed by atoms with van der Waals surface area (Å²) in [6, 6.07) is 8.69. The van der Waals surface area contributed by atoms with Gasteiger partial charge in [0.25, 0.3) is 0 Å². The van der Waals surface area contributed by atoms with Gasteiger partial charge in [-0.15, -0.1) is 5.10 Å². The first-order valence-electron chi connectivity index (χ1n) is 9.04. The third kappa shape index (κ3) is 3.42. The molecule has 0 radical (unpaired) electrons. The molecule has 0 aliphatic carbocycles. The summed E-state index contributed by atoms with van der Waals surface area (Å²) in [5.41, 5.74) is 9.03.